The number of hydrogen-bond acceptors (Lipinski definition) is 4. The van der Waals surface area contributed by atoms with Crippen LogP contribution in [-0.2, 0) is 9.53 Å². The zero-order valence-corrected chi connectivity index (χ0v) is 15.9. The lowest BCUT2D eigenvalue weighted by molar-refractivity contribution is -0.121. The molecule has 6 nitrogen and oxygen atoms in total. The molecule has 0 bridgehead atoms. The van der Waals surface area contributed by atoms with Gasteiger partial charge in [0.05, 0.1) is 30.1 Å². The van der Waals surface area contributed by atoms with Gasteiger partial charge in [-0.1, -0.05) is 0 Å². The summed E-state index contributed by atoms with van der Waals surface area (Å²) in [6.45, 7) is 0.316. The van der Waals surface area contributed by atoms with Crippen LogP contribution in [-0.4, -0.2) is 29.4 Å². The van der Waals surface area contributed by atoms with Crippen LogP contribution in [0.5, 0.6) is 5.75 Å². The SMILES string of the molecule is COc1cc(F)c(NC(=O)[C@H]2CCO[C@@H]2c2ccnn2-c2ccc(F)cc2)cc1F. The van der Waals surface area contributed by atoms with Crippen molar-refractivity contribution in [3.8, 4) is 11.4 Å². The Labute approximate surface area is 170 Å². The third kappa shape index (κ3) is 3.76. The minimum absolute atomic E-state index is 0.254. The number of carbonyl (C=O) groups excluding carboxylic acids is 1. The van der Waals surface area contributed by atoms with E-state index < -0.39 is 29.6 Å². The van der Waals surface area contributed by atoms with Crippen molar-refractivity contribution >= 4 is 11.6 Å². The number of amides is 1. The number of methoxy groups -OCH3 is 1. The predicted octanol–water partition coefficient (Wildman–Crippen LogP) is 4.01. The van der Waals surface area contributed by atoms with Gasteiger partial charge >= 0.3 is 0 Å². The maximum atomic E-state index is 14.2. The van der Waals surface area contributed by atoms with Crippen molar-refractivity contribution in [2.24, 2.45) is 5.92 Å². The van der Waals surface area contributed by atoms with Crippen LogP contribution < -0.4 is 10.1 Å². The molecule has 1 amide bonds. The lowest BCUT2D eigenvalue weighted by Gasteiger charge is -2.20. The first-order valence-electron chi connectivity index (χ1n) is 9.23. The first-order valence-corrected chi connectivity index (χ1v) is 9.23. The van der Waals surface area contributed by atoms with Crippen LogP contribution in [0.15, 0.2) is 48.7 Å². The van der Waals surface area contributed by atoms with E-state index in [0.717, 1.165) is 12.1 Å². The molecule has 0 spiro atoms. The predicted molar refractivity (Wildman–Crippen MR) is 102 cm³/mol. The monoisotopic (exact) mass is 417 g/mol. The van der Waals surface area contributed by atoms with Crippen LogP contribution in [0.3, 0.4) is 0 Å². The Balaban J connectivity index is 1.58. The summed E-state index contributed by atoms with van der Waals surface area (Å²) in [6, 6.07) is 9.18. The summed E-state index contributed by atoms with van der Waals surface area (Å²) in [5.74, 6) is -3.39. The number of benzene rings is 2. The number of nitrogens with one attached hydrogen (secondary N) is 1. The molecule has 0 radical (unpaired) electrons. The van der Waals surface area contributed by atoms with Gasteiger partial charge in [-0.05, 0) is 36.8 Å². The molecular weight excluding hydrogens is 399 g/mol. The van der Waals surface area contributed by atoms with Gasteiger partial charge in [0.2, 0.25) is 5.91 Å². The molecule has 1 aliphatic heterocycles. The molecule has 0 aliphatic carbocycles. The van der Waals surface area contributed by atoms with Gasteiger partial charge in [0.15, 0.2) is 17.4 Å². The molecule has 1 aromatic heterocycles. The summed E-state index contributed by atoms with van der Waals surface area (Å²) in [7, 11) is 1.22. The first kappa shape index (κ1) is 20.0. The molecule has 2 atom stereocenters. The second kappa shape index (κ2) is 8.19. The van der Waals surface area contributed by atoms with E-state index in [1.165, 1.54) is 19.2 Å². The van der Waals surface area contributed by atoms with Gasteiger partial charge in [0.25, 0.3) is 0 Å². The highest BCUT2D eigenvalue weighted by Crippen LogP contribution is 2.36. The Kier molecular flexibility index (Phi) is 5.45. The van der Waals surface area contributed by atoms with E-state index in [0.29, 0.717) is 24.4 Å². The number of halogens is 3. The van der Waals surface area contributed by atoms with Crippen LogP contribution in [0, 0.1) is 23.4 Å². The van der Waals surface area contributed by atoms with Gasteiger partial charge in [-0.2, -0.15) is 5.10 Å². The van der Waals surface area contributed by atoms with Gasteiger partial charge in [0.1, 0.15) is 11.9 Å². The van der Waals surface area contributed by atoms with Crippen LogP contribution in [0.25, 0.3) is 5.69 Å². The third-order valence-electron chi connectivity index (χ3n) is 4.96. The van der Waals surface area contributed by atoms with E-state index in [4.69, 9.17) is 9.47 Å². The van der Waals surface area contributed by atoms with E-state index in [2.05, 4.69) is 10.4 Å². The zero-order chi connectivity index (χ0) is 21.3. The maximum Gasteiger partial charge on any atom is 0.230 e. The number of aromatic nitrogens is 2. The number of rotatable bonds is 5. The maximum absolute atomic E-state index is 14.2. The molecule has 2 heterocycles. The van der Waals surface area contributed by atoms with Crippen molar-refractivity contribution < 1.29 is 27.4 Å². The number of hydrogen-bond donors (Lipinski definition) is 1. The number of nitrogens with zero attached hydrogens (tertiary/aromatic N) is 2. The quantitative estimate of drug-likeness (QED) is 0.681. The summed E-state index contributed by atoms with van der Waals surface area (Å²) >= 11 is 0. The van der Waals surface area contributed by atoms with Gasteiger partial charge in [-0.25, -0.2) is 17.9 Å². The summed E-state index contributed by atoms with van der Waals surface area (Å²) in [5.41, 5.74) is 0.922. The van der Waals surface area contributed by atoms with E-state index in [9.17, 15) is 18.0 Å². The average molecular weight is 417 g/mol. The van der Waals surface area contributed by atoms with Crippen LogP contribution in [0.2, 0.25) is 0 Å². The Morgan fingerprint density at radius 1 is 1.17 bits per heavy atom. The molecule has 1 N–H and O–H groups in total. The van der Waals surface area contributed by atoms with Crippen molar-refractivity contribution in [2.45, 2.75) is 12.5 Å². The van der Waals surface area contributed by atoms with E-state index >= 15 is 0 Å². The summed E-state index contributed by atoms with van der Waals surface area (Å²) in [4.78, 5) is 12.8. The third-order valence-corrected chi connectivity index (χ3v) is 4.96. The van der Waals surface area contributed by atoms with Gasteiger partial charge in [-0.15, -0.1) is 0 Å². The normalized spacial score (nSPS) is 18.4. The fourth-order valence-corrected chi connectivity index (χ4v) is 3.48. The molecule has 0 saturated carbocycles. The van der Waals surface area contributed by atoms with E-state index in [-0.39, 0.29) is 17.3 Å². The molecule has 0 unspecified atom stereocenters. The molecule has 9 heteroatoms. The molecule has 1 fully saturated rings. The smallest absolute Gasteiger partial charge is 0.230 e. The summed E-state index contributed by atoms with van der Waals surface area (Å²) in [5, 5.41) is 6.68. The van der Waals surface area contributed by atoms with Gasteiger partial charge < -0.3 is 14.8 Å². The fourth-order valence-electron chi connectivity index (χ4n) is 3.48. The molecule has 4 rings (SSSR count). The van der Waals surface area contributed by atoms with Gasteiger partial charge in [0, 0.05) is 24.9 Å². The minimum atomic E-state index is -0.812. The average Bonchev–Trinajstić information content (AvgIpc) is 3.40. The lowest BCUT2D eigenvalue weighted by atomic mass is 9.97. The standard InChI is InChI=1S/C21H18F3N3O3/c1-29-19-11-15(23)17(10-16(19)24)26-21(28)14-7-9-30-20(14)18-6-8-25-27(18)13-4-2-12(22)3-5-13/h2-6,8,10-11,14,20H,7,9H2,1H3,(H,26,28)/t14-,20-/m0/s1. The highest BCUT2D eigenvalue weighted by molar-refractivity contribution is 5.93. The van der Waals surface area contributed by atoms with Gasteiger partial charge in [-0.3, -0.25) is 4.79 Å². The molecule has 1 aliphatic rings. The lowest BCUT2D eigenvalue weighted by Crippen LogP contribution is -2.27. The number of carbonyl (C=O) groups is 1. The Morgan fingerprint density at radius 2 is 1.93 bits per heavy atom. The topological polar surface area (TPSA) is 65.4 Å². The minimum Gasteiger partial charge on any atom is -0.494 e. The number of ether oxygens (including phenoxy) is 2. The molecule has 3 aromatic rings. The second-order valence-corrected chi connectivity index (χ2v) is 6.79. The van der Waals surface area contributed by atoms with E-state index in [1.807, 2.05) is 0 Å². The molecule has 2 aromatic carbocycles. The second-order valence-electron chi connectivity index (χ2n) is 6.79. The number of anilines is 1. The van der Waals surface area contributed by atoms with Crippen molar-refractivity contribution in [3.05, 3.63) is 71.8 Å². The molecule has 1 saturated heterocycles. The first-order chi connectivity index (χ1) is 14.5. The summed E-state index contributed by atoms with van der Waals surface area (Å²) < 4.78 is 53.4. The Hall–Kier alpha value is -3.33. The Morgan fingerprint density at radius 3 is 2.67 bits per heavy atom. The summed E-state index contributed by atoms with van der Waals surface area (Å²) in [6.07, 6.45) is 1.29. The molecular formula is C21H18F3N3O3. The van der Waals surface area contributed by atoms with Crippen molar-refractivity contribution in [1.29, 1.82) is 0 Å². The van der Waals surface area contributed by atoms with Crippen molar-refractivity contribution in [1.82, 2.24) is 9.78 Å². The highest BCUT2D eigenvalue weighted by atomic mass is 19.1. The highest BCUT2D eigenvalue weighted by Gasteiger charge is 2.37. The van der Waals surface area contributed by atoms with Crippen LogP contribution in [0.1, 0.15) is 18.2 Å². The van der Waals surface area contributed by atoms with Crippen LogP contribution in [0.4, 0.5) is 18.9 Å². The fraction of sp³-hybridized carbons (Fsp3) is 0.238. The Bertz CT molecular complexity index is 1070. The van der Waals surface area contributed by atoms with E-state index in [1.54, 1.807) is 29.1 Å². The zero-order valence-electron chi connectivity index (χ0n) is 15.9. The van der Waals surface area contributed by atoms with Crippen molar-refractivity contribution in [2.75, 3.05) is 19.0 Å². The molecule has 156 valence electrons. The van der Waals surface area contributed by atoms with Crippen LogP contribution >= 0.6 is 0 Å². The van der Waals surface area contributed by atoms with Crippen molar-refractivity contribution in [3.63, 3.8) is 0 Å². The largest absolute Gasteiger partial charge is 0.494 e. The molecule has 30 heavy (non-hydrogen) atoms.